The van der Waals surface area contributed by atoms with Crippen LogP contribution in [0.1, 0.15) is 24.3 Å². The van der Waals surface area contributed by atoms with E-state index in [2.05, 4.69) is 0 Å². The zero-order chi connectivity index (χ0) is 18.4. The molecule has 0 aliphatic heterocycles. The van der Waals surface area contributed by atoms with Crippen LogP contribution in [0.4, 0.5) is 0 Å². The molecule has 0 spiro atoms. The number of hydrogen-bond donors (Lipinski definition) is 2. The Morgan fingerprint density at radius 1 is 1.12 bits per heavy atom. The molecule has 0 bridgehead atoms. The molecule has 2 rings (SSSR count). The van der Waals surface area contributed by atoms with Crippen molar-refractivity contribution >= 4 is 26.6 Å². The van der Waals surface area contributed by atoms with Gasteiger partial charge in [0.2, 0.25) is 0 Å². The third-order valence-electron chi connectivity index (χ3n) is 4.12. The summed E-state index contributed by atoms with van der Waals surface area (Å²) in [4.78, 5) is 11.6. The van der Waals surface area contributed by atoms with E-state index in [4.69, 9.17) is 9.84 Å². The number of hydrogen-bond acceptors (Lipinski definition) is 5. The maximum Gasteiger partial charge on any atom is 0.310 e. The summed E-state index contributed by atoms with van der Waals surface area (Å²) in [5.74, 6) is -1.43. The molecule has 0 aromatic heterocycles. The zero-order valence-corrected chi connectivity index (χ0v) is 14.8. The van der Waals surface area contributed by atoms with E-state index in [-0.39, 0.29) is 24.3 Å². The van der Waals surface area contributed by atoms with Gasteiger partial charge in [-0.05, 0) is 41.3 Å². The number of ether oxygens (including phenoxy) is 1. The van der Waals surface area contributed by atoms with E-state index in [0.717, 1.165) is 16.5 Å². The fourth-order valence-corrected chi connectivity index (χ4v) is 3.86. The number of carboxylic acids is 1. The lowest BCUT2D eigenvalue weighted by Gasteiger charge is -2.14. The molecule has 1 atom stereocenters. The van der Waals surface area contributed by atoms with Crippen molar-refractivity contribution in [2.45, 2.75) is 18.8 Å². The molecule has 0 radical (unpaired) electrons. The topological polar surface area (TPSA) is 101 Å². The number of sulfone groups is 1. The second-order valence-corrected chi connectivity index (χ2v) is 8.18. The van der Waals surface area contributed by atoms with Crippen molar-refractivity contribution in [2.75, 3.05) is 25.2 Å². The summed E-state index contributed by atoms with van der Waals surface area (Å²) in [6.07, 6.45) is 0.460. The summed E-state index contributed by atoms with van der Waals surface area (Å²) in [6.45, 7) is -0.418. The lowest BCUT2D eigenvalue weighted by molar-refractivity contribution is -0.139. The smallest absolute Gasteiger partial charge is 0.310 e. The van der Waals surface area contributed by atoms with Gasteiger partial charge in [0.05, 0.1) is 31.1 Å². The predicted molar refractivity (Wildman–Crippen MR) is 95.9 cm³/mol. The molecule has 7 heteroatoms. The van der Waals surface area contributed by atoms with Gasteiger partial charge >= 0.3 is 5.97 Å². The van der Waals surface area contributed by atoms with E-state index in [1.165, 1.54) is 0 Å². The van der Waals surface area contributed by atoms with Gasteiger partial charge < -0.3 is 14.9 Å². The van der Waals surface area contributed by atoms with Crippen molar-refractivity contribution in [1.82, 2.24) is 0 Å². The van der Waals surface area contributed by atoms with Crippen molar-refractivity contribution in [3.63, 3.8) is 0 Å². The molecule has 0 fully saturated rings. The van der Waals surface area contributed by atoms with Gasteiger partial charge in [0, 0.05) is 0 Å². The fraction of sp³-hybridized carbons (Fsp3) is 0.389. The molecular formula is C18H22O6S. The van der Waals surface area contributed by atoms with Crippen LogP contribution in [0.15, 0.2) is 36.4 Å². The largest absolute Gasteiger partial charge is 0.497 e. The van der Waals surface area contributed by atoms with Crippen LogP contribution in [-0.4, -0.2) is 49.8 Å². The lowest BCUT2D eigenvalue weighted by Crippen LogP contribution is -2.17. The highest BCUT2D eigenvalue weighted by atomic mass is 32.2. The Labute approximate surface area is 147 Å². The minimum absolute atomic E-state index is 0.123. The number of aliphatic carboxylic acids is 1. The van der Waals surface area contributed by atoms with Gasteiger partial charge in [-0.2, -0.15) is 0 Å². The van der Waals surface area contributed by atoms with Crippen molar-refractivity contribution in [3.8, 4) is 5.75 Å². The zero-order valence-electron chi connectivity index (χ0n) is 14.0. The van der Waals surface area contributed by atoms with Crippen LogP contribution in [0, 0.1) is 0 Å². The van der Waals surface area contributed by atoms with Crippen molar-refractivity contribution in [2.24, 2.45) is 0 Å². The van der Waals surface area contributed by atoms with E-state index in [1.54, 1.807) is 13.2 Å². The number of rotatable bonds is 9. The van der Waals surface area contributed by atoms with Gasteiger partial charge in [-0.1, -0.05) is 24.3 Å². The summed E-state index contributed by atoms with van der Waals surface area (Å²) in [6, 6.07) is 11.0. The second kappa shape index (κ2) is 8.31. The molecular weight excluding hydrogens is 344 g/mol. The number of fused-ring (bicyclic) bond motifs is 1. The summed E-state index contributed by atoms with van der Waals surface area (Å²) < 4.78 is 28.4. The summed E-state index contributed by atoms with van der Waals surface area (Å²) in [5, 5.41) is 20.1. The molecule has 0 unspecified atom stereocenters. The molecule has 0 aliphatic rings. The van der Waals surface area contributed by atoms with Crippen molar-refractivity contribution < 1.29 is 28.2 Å². The minimum atomic E-state index is -3.33. The summed E-state index contributed by atoms with van der Waals surface area (Å²) >= 11 is 0. The van der Waals surface area contributed by atoms with Crippen molar-refractivity contribution in [3.05, 3.63) is 42.0 Å². The molecule has 136 valence electrons. The first-order chi connectivity index (χ1) is 11.9. The quantitative estimate of drug-likeness (QED) is 0.706. The van der Waals surface area contributed by atoms with E-state index in [9.17, 15) is 18.3 Å². The van der Waals surface area contributed by atoms with Crippen LogP contribution in [0.25, 0.3) is 10.8 Å². The normalized spacial score (nSPS) is 12.9. The Bertz CT molecular complexity index is 844. The average molecular weight is 366 g/mol. The molecule has 0 amide bonds. The van der Waals surface area contributed by atoms with Crippen LogP contribution in [0.2, 0.25) is 0 Å². The summed E-state index contributed by atoms with van der Waals surface area (Å²) in [7, 11) is -1.75. The van der Waals surface area contributed by atoms with Crippen LogP contribution in [-0.2, 0) is 14.6 Å². The second-order valence-electron chi connectivity index (χ2n) is 5.88. The molecule has 2 aromatic rings. The van der Waals surface area contributed by atoms with Crippen LogP contribution < -0.4 is 4.74 Å². The van der Waals surface area contributed by atoms with Gasteiger partial charge in [-0.25, -0.2) is 8.42 Å². The lowest BCUT2D eigenvalue weighted by atomic mass is 9.92. The van der Waals surface area contributed by atoms with E-state index < -0.39 is 28.3 Å². The molecule has 0 saturated carbocycles. The molecule has 0 heterocycles. The number of aliphatic hydroxyl groups excluding tert-OH is 1. The minimum Gasteiger partial charge on any atom is -0.497 e. The van der Waals surface area contributed by atoms with Crippen molar-refractivity contribution in [1.29, 1.82) is 0 Å². The van der Waals surface area contributed by atoms with Gasteiger partial charge in [0.1, 0.15) is 5.75 Å². The molecule has 2 N–H and O–H groups in total. The monoisotopic (exact) mass is 366 g/mol. The third kappa shape index (κ3) is 5.17. The number of methoxy groups -OCH3 is 1. The van der Waals surface area contributed by atoms with Crippen LogP contribution in [0.3, 0.4) is 0 Å². The number of carbonyl (C=O) groups is 1. The van der Waals surface area contributed by atoms with E-state index in [1.807, 2.05) is 30.3 Å². The SMILES string of the molecule is COc1ccc2cc([C@H](CCCS(=O)(=O)CCO)C(=O)O)ccc2c1. The highest BCUT2D eigenvalue weighted by Crippen LogP contribution is 2.28. The summed E-state index contributed by atoms with van der Waals surface area (Å²) in [5.41, 5.74) is 0.643. The molecule has 0 saturated heterocycles. The fourth-order valence-electron chi connectivity index (χ4n) is 2.77. The van der Waals surface area contributed by atoms with E-state index in [0.29, 0.717) is 5.56 Å². The average Bonchev–Trinajstić information content (AvgIpc) is 2.57. The van der Waals surface area contributed by atoms with Gasteiger partial charge in [0.25, 0.3) is 0 Å². The maximum absolute atomic E-state index is 11.6. The first-order valence-electron chi connectivity index (χ1n) is 7.98. The number of aliphatic hydroxyl groups is 1. The Kier molecular flexibility index (Phi) is 6.39. The Morgan fingerprint density at radius 2 is 1.80 bits per heavy atom. The third-order valence-corrected chi connectivity index (χ3v) is 5.84. The molecule has 0 aliphatic carbocycles. The Balaban J connectivity index is 2.17. The van der Waals surface area contributed by atoms with Gasteiger partial charge in [-0.15, -0.1) is 0 Å². The van der Waals surface area contributed by atoms with Crippen LogP contribution in [0.5, 0.6) is 5.75 Å². The van der Waals surface area contributed by atoms with Gasteiger partial charge in [0.15, 0.2) is 9.84 Å². The predicted octanol–water partition coefficient (Wildman–Crippen LogP) is 2.20. The van der Waals surface area contributed by atoms with Gasteiger partial charge in [-0.3, -0.25) is 4.79 Å². The molecule has 6 nitrogen and oxygen atoms in total. The van der Waals surface area contributed by atoms with E-state index >= 15 is 0 Å². The Hall–Kier alpha value is -2.12. The number of carboxylic acid groups (broad SMARTS) is 1. The molecule has 2 aromatic carbocycles. The first kappa shape index (κ1) is 19.2. The maximum atomic E-state index is 11.6. The van der Waals surface area contributed by atoms with Crippen LogP contribution >= 0.6 is 0 Å². The first-order valence-corrected chi connectivity index (χ1v) is 9.80. The highest BCUT2D eigenvalue weighted by Gasteiger charge is 2.21. The standard InChI is InChI=1S/C18H22O6S/c1-24-16-7-6-13-11-15(5-4-14(13)12-16)17(18(20)21)3-2-9-25(22,23)10-8-19/h4-7,11-12,17,19H,2-3,8-10H2,1H3,(H,20,21)/t17-/m0/s1. The highest BCUT2D eigenvalue weighted by molar-refractivity contribution is 7.91. The number of benzene rings is 2. The Morgan fingerprint density at radius 3 is 2.44 bits per heavy atom. The molecule has 25 heavy (non-hydrogen) atoms.